The van der Waals surface area contributed by atoms with Gasteiger partial charge in [-0.15, -0.1) is 0 Å². The van der Waals surface area contributed by atoms with Crippen LogP contribution in [0.2, 0.25) is 0 Å². The summed E-state index contributed by atoms with van der Waals surface area (Å²) in [6.45, 7) is 2.96. The van der Waals surface area contributed by atoms with Crippen LogP contribution < -0.4 is 5.32 Å². The molecule has 0 unspecified atom stereocenters. The summed E-state index contributed by atoms with van der Waals surface area (Å²) in [5, 5.41) is 14.5. The predicted molar refractivity (Wildman–Crippen MR) is 88.4 cm³/mol. The van der Waals surface area contributed by atoms with Crippen molar-refractivity contribution in [1.29, 1.82) is 0 Å². The average Bonchev–Trinajstić information content (AvgIpc) is 2.66. The molecule has 0 spiro atoms. The Hall–Kier alpha value is -3.16. The van der Waals surface area contributed by atoms with Crippen molar-refractivity contribution in [3.8, 4) is 0 Å². The van der Waals surface area contributed by atoms with Crippen molar-refractivity contribution in [2.75, 3.05) is 14.2 Å². The molecule has 1 aromatic carbocycles. The smallest absolute Gasteiger partial charge is 0.336 e. The standard InChI is InChI=1S/C17H18N2O6/c1-9-13(16(20)24-3)15(14(10(2)18-9)17(21)25-4)11-7-5-6-8-12(11)19(22)23/h5-8,15,18H,1-4H3/i5D,6D,7D,8D. The number of nitro groups is 1. The van der Waals surface area contributed by atoms with E-state index in [-0.39, 0.29) is 22.5 Å². The van der Waals surface area contributed by atoms with Gasteiger partial charge < -0.3 is 14.8 Å². The van der Waals surface area contributed by atoms with Crippen molar-refractivity contribution in [1.82, 2.24) is 5.32 Å². The summed E-state index contributed by atoms with van der Waals surface area (Å²) in [7, 11) is 2.16. The lowest BCUT2D eigenvalue weighted by atomic mass is 9.79. The molecule has 0 amide bonds. The van der Waals surface area contributed by atoms with E-state index in [0.29, 0.717) is 0 Å². The Kier molecular flexibility index (Phi) is 3.77. The van der Waals surface area contributed by atoms with Crippen molar-refractivity contribution in [3.63, 3.8) is 0 Å². The minimum Gasteiger partial charge on any atom is -0.466 e. The molecule has 0 saturated carbocycles. The van der Waals surface area contributed by atoms with Crippen LogP contribution >= 0.6 is 0 Å². The fourth-order valence-corrected chi connectivity index (χ4v) is 2.71. The number of nitrogens with zero attached hydrogens (tertiary/aromatic N) is 1. The van der Waals surface area contributed by atoms with Gasteiger partial charge in [-0.05, 0) is 13.8 Å². The second-order valence-corrected chi connectivity index (χ2v) is 5.14. The Bertz CT molecular complexity index is 964. The lowest BCUT2D eigenvalue weighted by Crippen LogP contribution is -2.32. The van der Waals surface area contributed by atoms with E-state index in [2.05, 4.69) is 5.32 Å². The number of benzene rings is 1. The van der Waals surface area contributed by atoms with E-state index in [0.717, 1.165) is 14.2 Å². The maximum Gasteiger partial charge on any atom is 0.336 e. The van der Waals surface area contributed by atoms with Crippen molar-refractivity contribution >= 4 is 17.6 Å². The van der Waals surface area contributed by atoms with Crippen LogP contribution in [-0.2, 0) is 19.1 Å². The molecule has 2 rings (SSSR count). The third-order valence-corrected chi connectivity index (χ3v) is 3.74. The molecule has 0 bridgehead atoms. The largest absolute Gasteiger partial charge is 0.466 e. The maximum absolute atomic E-state index is 12.5. The van der Waals surface area contributed by atoms with Gasteiger partial charge in [-0.3, -0.25) is 10.1 Å². The number of nitro benzene ring substituents is 1. The highest BCUT2D eigenvalue weighted by Crippen LogP contribution is 2.42. The van der Waals surface area contributed by atoms with Gasteiger partial charge in [0.05, 0.1) is 41.7 Å². The topological polar surface area (TPSA) is 108 Å². The van der Waals surface area contributed by atoms with E-state index in [1.165, 1.54) is 13.8 Å². The highest BCUT2D eigenvalue weighted by molar-refractivity contribution is 6.00. The Labute approximate surface area is 149 Å². The summed E-state index contributed by atoms with van der Waals surface area (Å²) < 4.78 is 41.4. The van der Waals surface area contributed by atoms with E-state index in [1.54, 1.807) is 0 Å². The Balaban J connectivity index is 3.07. The van der Waals surface area contributed by atoms with E-state index in [9.17, 15) is 19.7 Å². The van der Waals surface area contributed by atoms with Crippen LogP contribution in [0.4, 0.5) is 5.69 Å². The first kappa shape index (κ1) is 13.2. The molecule has 0 atom stereocenters. The quantitative estimate of drug-likeness (QED) is 0.504. The number of allylic oxidation sites excluding steroid dienone is 2. The number of methoxy groups -OCH3 is 2. The summed E-state index contributed by atoms with van der Waals surface area (Å²) >= 11 is 0. The fourth-order valence-electron chi connectivity index (χ4n) is 2.71. The molecule has 1 aliphatic rings. The van der Waals surface area contributed by atoms with Crippen molar-refractivity contribution in [3.05, 3.63) is 62.4 Å². The summed E-state index contributed by atoms with van der Waals surface area (Å²) in [6, 6.07) is -3.18. The molecular formula is C17H18N2O6. The minimum absolute atomic E-state index is 0.202. The first-order valence-corrected chi connectivity index (χ1v) is 7.09. The lowest BCUT2D eigenvalue weighted by molar-refractivity contribution is -0.385. The summed E-state index contributed by atoms with van der Waals surface area (Å²) in [5.74, 6) is -3.34. The Morgan fingerprint density at radius 3 is 2.04 bits per heavy atom. The molecule has 8 nitrogen and oxygen atoms in total. The van der Waals surface area contributed by atoms with E-state index in [1.807, 2.05) is 0 Å². The number of hydrogen-bond acceptors (Lipinski definition) is 7. The zero-order valence-corrected chi connectivity index (χ0v) is 14.0. The number of rotatable bonds is 4. The van der Waals surface area contributed by atoms with Gasteiger partial charge >= 0.3 is 11.9 Å². The van der Waals surface area contributed by atoms with Crippen molar-refractivity contribution in [2.45, 2.75) is 19.8 Å². The monoisotopic (exact) mass is 350 g/mol. The van der Waals surface area contributed by atoms with Crippen molar-refractivity contribution in [2.24, 2.45) is 0 Å². The second kappa shape index (κ2) is 7.16. The number of carbonyl (C=O) groups excluding carboxylic acids is 2. The number of dihydropyridines is 1. The van der Waals surface area contributed by atoms with E-state index >= 15 is 0 Å². The zero-order valence-electron chi connectivity index (χ0n) is 18.0. The molecule has 0 aromatic heterocycles. The molecule has 132 valence electrons. The van der Waals surface area contributed by atoms with Crippen LogP contribution in [0.3, 0.4) is 0 Å². The van der Waals surface area contributed by atoms with Gasteiger partial charge in [-0.25, -0.2) is 9.59 Å². The Morgan fingerprint density at radius 2 is 1.60 bits per heavy atom. The van der Waals surface area contributed by atoms with Gasteiger partial charge in [-0.1, -0.05) is 18.1 Å². The van der Waals surface area contributed by atoms with Crippen LogP contribution in [-0.4, -0.2) is 31.1 Å². The molecule has 0 radical (unpaired) electrons. The van der Waals surface area contributed by atoms with E-state index in [4.69, 9.17) is 15.0 Å². The van der Waals surface area contributed by atoms with Gasteiger partial charge in [0.1, 0.15) is 0 Å². The second-order valence-electron chi connectivity index (χ2n) is 5.14. The zero-order chi connectivity index (χ0) is 22.2. The number of hydrogen-bond donors (Lipinski definition) is 1. The number of ether oxygens (including phenoxy) is 2. The third kappa shape index (κ3) is 3.23. The normalized spacial score (nSPS) is 17.1. The molecular weight excluding hydrogens is 328 g/mol. The van der Waals surface area contributed by atoms with Crippen LogP contribution in [0.5, 0.6) is 0 Å². The number of nitrogens with one attached hydrogen (secondary N) is 1. The van der Waals surface area contributed by atoms with Crippen LogP contribution in [0.25, 0.3) is 0 Å². The number of para-hydroxylation sites is 1. The molecule has 1 aromatic rings. The predicted octanol–water partition coefficient (Wildman–Crippen LogP) is 2.18. The number of carbonyl (C=O) groups is 2. The number of esters is 2. The maximum atomic E-state index is 12.5. The van der Waals surface area contributed by atoms with Crippen LogP contribution in [0.1, 0.15) is 30.8 Å². The molecule has 1 heterocycles. The molecule has 0 aliphatic carbocycles. The average molecular weight is 350 g/mol. The minimum atomic E-state index is -1.50. The van der Waals surface area contributed by atoms with Crippen molar-refractivity contribution < 1.29 is 29.5 Å². The highest BCUT2D eigenvalue weighted by Gasteiger charge is 2.40. The molecule has 0 saturated heterocycles. The van der Waals surface area contributed by atoms with Gasteiger partial charge in [0.15, 0.2) is 0 Å². The highest BCUT2D eigenvalue weighted by atomic mass is 16.6. The summed E-state index contributed by atoms with van der Waals surface area (Å²) in [4.78, 5) is 35.8. The third-order valence-electron chi connectivity index (χ3n) is 3.74. The van der Waals surface area contributed by atoms with Gasteiger partial charge in [0, 0.05) is 23.0 Å². The van der Waals surface area contributed by atoms with Gasteiger partial charge in [0.2, 0.25) is 0 Å². The van der Waals surface area contributed by atoms with Crippen LogP contribution in [0.15, 0.2) is 46.7 Å². The van der Waals surface area contributed by atoms with Gasteiger partial charge in [0.25, 0.3) is 5.69 Å². The first-order valence-electron chi connectivity index (χ1n) is 9.09. The summed E-state index contributed by atoms with van der Waals surface area (Å²) in [5.41, 5.74) is -1.44. The SMILES string of the molecule is [2H]c1c([2H])c([2H])c([N+](=O)[O-])c(C2C(C(=O)OC)=C(C)NC(C)=C2C(=O)OC)c1[2H]. The molecule has 1 N–H and O–H groups in total. The molecule has 8 heteroatoms. The lowest BCUT2D eigenvalue weighted by Gasteiger charge is -2.29. The van der Waals surface area contributed by atoms with E-state index < -0.39 is 58.2 Å². The molecule has 25 heavy (non-hydrogen) atoms. The van der Waals surface area contributed by atoms with Gasteiger partial charge in [-0.2, -0.15) is 0 Å². The molecule has 0 fully saturated rings. The fraction of sp³-hybridized carbons (Fsp3) is 0.294. The summed E-state index contributed by atoms with van der Waals surface area (Å²) in [6.07, 6.45) is 0. The van der Waals surface area contributed by atoms with Crippen LogP contribution in [0, 0.1) is 10.1 Å². The first-order chi connectivity index (χ1) is 13.5. The molecule has 1 aliphatic heterocycles. The Morgan fingerprint density at radius 1 is 1.12 bits per heavy atom.